The highest BCUT2D eigenvalue weighted by molar-refractivity contribution is 8.00. The van der Waals surface area contributed by atoms with E-state index in [1.165, 1.54) is 11.8 Å². The van der Waals surface area contributed by atoms with E-state index in [4.69, 9.17) is 4.42 Å². The molecule has 1 aromatic carbocycles. The van der Waals surface area contributed by atoms with Crippen LogP contribution in [0.15, 0.2) is 75.9 Å². The van der Waals surface area contributed by atoms with Crippen LogP contribution >= 0.6 is 23.1 Å². The van der Waals surface area contributed by atoms with Crippen LogP contribution < -0.4 is 4.90 Å². The number of nitrogens with zero attached hydrogens (tertiary/aromatic N) is 3. The van der Waals surface area contributed by atoms with Crippen molar-refractivity contribution in [2.75, 3.05) is 10.7 Å². The van der Waals surface area contributed by atoms with Gasteiger partial charge in [-0.15, -0.1) is 11.3 Å². The van der Waals surface area contributed by atoms with Crippen LogP contribution in [0, 0.1) is 0 Å². The Morgan fingerprint density at radius 3 is 2.81 bits per heavy atom. The predicted octanol–water partition coefficient (Wildman–Crippen LogP) is 4.61. The summed E-state index contributed by atoms with van der Waals surface area (Å²) < 4.78 is 6.44. The highest BCUT2D eigenvalue weighted by Gasteiger charge is 2.18. The van der Waals surface area contributed by atoms with Crippen LogP contribution in [0.3, 0.4) is 0 Å². The molecule has 0 aliphatic heterocycles. The van der Waals surface area contributed by atoms with E-state index in [1.54, 1.807) is 28.8 Å². The molecule has 5 nitrogen and oxygen atoms in total. The van der Waals surface area contributed by atoms with Crippen LogP contribution in [-0.4, -0.2) is 21.6 Å². The monoisotopic (exact) mass is 381 g/mol. The van der Waals surface area contributed by atoms with Gasteiger partial charge in [-0.3, -0.25) is 4.79 Å². The maximum absolute atomic E-state index is 12.9. The number of hydrogen-bond donors (Lipinski definition) is 0. The van der Waals surface area contributed by atoms with Crippen molar-refractivity contribution >= 4 is 44.9 Å². The number of thioether (sulfide) groups is 1. The third kappa shape index (κ3) is 3.63. The maximum Gasteiger partial charge on any atom is 0.237 e. The SMILES string of the molecule is O=C(CSc1ncnc2ccsc12)N(Cc1ccco1)c1ccccc1. The third-order valence-corrected chi connectivity index (χ3v) is 5.82. The molecule has 0 saturated carbocycles. The summed E-state index contributed by atoms with van der Waals surface area (Å²) in [6.45, 7) is 0.397. The Bertz CT molecular complexity index is 1000. The van der Waals surface area contributed by atoms with Gasteiger partial charge in [0.1, 0.15) is 17.1 Å². The summed E-state index contributed by atoms with van der Waals surface area (Å²) >= 11 is 3.02. The molecule has 0 radical (unpaired) electrons. The standard InChI is InChI=1S/C19H15N3O2S2/c23-17(12-26-19-18-16(8-10-25-18)20-13-21-19)22(11-15-7-4-9-24-15)14-5-2-1-3-6-14/h1-10,13H,11-12H2. The van der Waals surface area contributed by atoms with Crippen LogP contribution in [0.2, 0.25) is 0 Å². The first kappa shape index (κ1) is 16.8. The minimum Gasteiger partial charge on any atom is -0.467 e. The van der Waals surface area contributed by atoms with E-state index in [0.717, 1.165) is 26.7 Å². The van der Waals surface area contributed by atoms with Gasteiger partial charge in [0, 0.05) is 5.69 Å². The minimum atomic E-state index is 0.000850. The molecular weight excluding hydrogens is 366 g/mol. The normalized spacial score (nSPS) is 10.9. The summed E-state index contributed by atoms with van der Waals surface area (Å²) in [6.07, 6.45) is 3.16. The minimum absolute atomic E-state index is 0.000850. The van der Waals surface area contributed by atoms with Gasteiger partial charge in [0.25, 0.3) is 0 Å². The van der Waals surface area contributed by atoms with Crippen molar-refractivity contribution in [1.82, 2.24) is 9.97 Å². The number of benzene rings is 1. The van der Waals surface area contributed by atoms with Gasteiger partial charge >= 0.3 is 0 Å². The van der Waals surface area contributed by atoms with E-state index in [1.807, 2.05) is 53.9 Å². The zero-order valence-corrected chi connectivity index (χ0v) is 15.4. The Balaban J connectivity index is 1.53. The number of fused-ring (bicyclic) bond motifs is 1. The predicted molar refractivity (Wildman–Crippen MR) is 104 cm³/mol. The van der Waals surface area contributed by atoms with Crippen molar-refractivity contribution in [2.24, 2.45) is 0 Å². The van der Waals surface area contributed by atoms with Gasteiger partial charge in [-0.25, -0.2) is 9.97 Å². The molecule has 130 valence electrons. The third-order valence-electron chi connectivity index (χ3n) is 3.81. The topological polar surface area (TPSA) is 59.2 Å². The highest BCUT2D eigenvalue weighted by atomic mass is 32.2. The maximum atomic E-state index is 12.9. The first-order chi connectivity index (χ1) is 12.8. The summed E-state index contributed by atoms with van der Waals surface area (Å²) in [5.41, 5.74) is 1.76. The fraction of sp³-hybridized carbons (Fsp3) is 0.105. The Kier molecular flexibility index (Phi) is 4.99. The van der Waals surface area contributed by atoms with Crippen LogP contribution in [0.1, 0.15) is 5.76 Å². The molecular formula is C19H15N3O2S2. The number of furan rings is 1. The number of carbonyl (C=O) groups is 1. The second kappa shape index (κ2) is 7.72. The lowest BCUT2D eigenvalue weighted by molar-refractivity contribution is -0.116. The van der Waals surface area contributed by atoms with Crippen molar-refractivity contribution in [3.05, 3.63) is 72.3 Å². The second-order valence-corrected chi connectivity index (χ2v) is 7.38. The van der Waals surface area contributed by atoms with Crippen LogP contribution in [0.5, 0.6) is 0 Å². The quantitative estimate of drug-likeness (QED) is 0.361. The molecule has 0 aliphatic carbocycles. The lowest BCUT2D eigenvalue weighted by atomic mass is 10.2. The molecule has 0 spiro atoms. The molecule has 0 aliphatic rings. The molecule has 0 atom stereocenters. The van der Waals surface area contributed by atoms with Gasteiger partial charge in [0.05, 0.1) is 28.8 Å². The van der Waals surface area contributed by atoms with Gasteiger partial charge < -0.3 is 9.32 Å². The number of hydrogen-bond acceptors (Lipinski definition) is 6. The Morgan fingerprint density at radius 2 is 2.00 bits per heavy atom. The van der Waals surface area contributed by atoms with E-state index in [2.05, 4.69) is 9.97 Å². The largest absolute Gasteiger partial charge is 0.467 e. The molecule has 1 amide bonds. The van der Waals surface area contributed by atoms with Crippen molar-refractivity contribution in [3.8, 4) is 0 Å². The number of amides is 1. The van der Waals surface area contributed by atoms with Gasteiger partial charge in [0.2, 0.25) is 5.91 Å². The molecule has 0 saturated heterocycles. The summed E-state index contributed by atoms with van der Waals surface area (Å²) in [5.74, 6) is 1.04. The van der Waals surface area contributed by atoms with Gasteiger partial charge in [-0.1, -0.05) is 30.0 Å². The van der Waals surface area contributed by atoms with Crippen molar-refractivity contribution in [2.45, 2.75) is 11.6 Å². The highest BCUT2D eigenvalue weighted by Crippen LogP contribution is 2.29. The number of carbonyl (C=O) groups excluding carboxylic acids is 1. The second-order valence-electron chi connectivity index (χ2n) is 5.50. The summed E-state index contributed by atoms with van der Waals surface area (Å²) in [5, 5.41) is 2.82. The van der Waals surface area contributed by atoms with Crippen molar-refractivity contribution in [1.29, 1.82) is 0 Å². The lowest BCUT2D eigenvalue weighted by Crippen LogP contribution is -2.31. The zero-order valence-electron chi connectivity index (χ0n) is 13.7. The van der Waals surface area contributed by atoms with Crippen molar-refractivity contribution < 1.29 is 9.21 Å². The van der Waals surface area contributed by atoms with E-state index < -0.39 is 0 Å². The van der Waals surface area contributed by atoms with E-state index in [-0.39, 0.29) is 5.91 Å². The summed E-state index contributed by atoms with van der Waals surface area (Å²) in [7, 11) is 0. The summed E-state index contributed by atoms with van der Waals surface area (Å²) in [6, 6.07) is 15.3. The molecule has 0 N–H and O–H groups in total. The van der Waals surface area contributed by atoms with Gasteiger partial charge in [-0.05, 0) is 35.7 Å². The fourth-order valence-electron chi connectivity index (χ4n) is 2.57. The van der Waals surface area contributed by atoms with Crippen LogP contribution in [-0.2, 0) is 11.3 Å². The van der Waals surface area contributed by atoms with Gasteiger partial charge in [0.15, 0.2) is 0 Å². The fourth-order valence-corrected chi connectivity index (χ4v) is 4.39. The molecule has 4 aromatic rings. The number of thiophene rings is 1. The van der Waals surface area contributed by atoms with E-state index in [0.29, 0.717) is 12.3 Å². The Morgan fingerprint density at radius 1 is 1.12 bits per heavy atom. The molecule has 3 heterocycles. The summed E-state index contributed by atoms with van der Waals surface area (Å²) in [4.78, 5) is 23.2. The average molecular weight is 381 g/mol. The molecule has 0 unspecified atom stereocenters. The van der Waals surface area contributed by atoms with Gasteiger partial charge in [-0.2, -0.15) is 0 Å². The first-order valence-corrected chi connectivity index (χ1v) is 9.86. The molecule has 26 heavy (non-hydrogen) atoms. The molecule has 7 heteroatoms. The number of anilines is 1. The number of aromatic nitrogens is 2. The van der Waals surface area contributed by atoms with E-state index in [9.17, 15) is 4.79 Å². The van der Waals surface area contributed by atoms with Crippen LogP contribution in [0.4, 0.5) is 5.69 Å². The molecule has 0 fully saturated rings. The Labute approximate surface area is 158 Å². The Hall–Kier alpha value is -2.64. The first-order valence-electron chi connectivity index (χ1n) is 8.00. The number of rotatable bonds is 6. The lowest BCUT2D eigenvalue weighted by Gasteiger charge is -2.21. The molecule has 3 aromatic heterocycles. The molecule has 0 bridgehead atoms. The van der Waals surface area contributed by atoms with Crippen LogP contribution in [0.25, 0.3) is 10.2 Å². The molecule has 4 rings (SSSR count). The zero-order chi connectivity index (χ0) is 17.8. The van der Waals surface area contributed by atoms with Crippen molar-refractivity contribution in [3.63, 3.8) is 0 Å². The number of para-hydroxylation sites is 1. The smallest absolute Gasteiger partial charge is 0.237 e. The average Bonchev–Trinajstić information content (AvgIpc) is 3.36. The van der Waals surface area contributed by atoms with E-state index >= 15 is 0 Å².